The molecule has 0 aliphatic rings. The number of pyridine rings is 2. The zero-order valence-electron chi connectivity index (χ0n) is 21.8. The van der Waals surface area contributed by atoms with E-state index in [1.54, 1.807) is 37.2 Å². The van der Waals surface area contributed by atoms with Gasteiger partial charge in [0.2, 0.25) is 0 Å². The lowest BCUT2D eigenvalue weighted by Gasteiger charge is -2.13. The van der Waals surface area contributed by atoms with E-state index in [0.717, 1.165) is 11.1 Å². The highest BCUT2D eigenvalue weighted by atomic mass is 16.3. The SMILES string of the molecule is Cc1cc(-c2cnccn2)c(O)c(-c2cccc(-c3cccc(-c4cc(C)cc(-c5cnccn5)c4O)n3)n2)c1. The maximum atomic E-state index is 11.2. The Morgan fingerprint density at radius 2 is 0.850 bits per heavy atom. The van der Waals surface area contributed by atoms with Crippen LogP contribution in [0.2, 0.25) is 0 Å². The minimum absolute atomic E-state index is 0.0821. The molecule has 4 heterocycles. The van der Waals surface area contributed by atoms with Crippen LogP contribution >= 0.6 is 0 Å². The van der Waals surface area contributed by atoms with Crippen molar-refractivity contribution in [2.75, 3.05) is 0 Å². The first kappa shape index (κ1) is 24.8. The Morgan fingerprint density at radius 1 is 0.475 bits per heavy atom. The first-order valence-electron chi connectivity index (χ1n) is 12.6. The first-order chi connectivity index (χ1) is 19.5. The summed E-state index contributed by atoms with van der Waals surface area (Å²) in [5.74, 6) is 0.164. The molecule has 6 aromatic rings. The summed E-state index contributed by atoms with van der Waals surface area (Å²) in [5.41, 5.74) is 7.86. The van der Waals surface area contributed by atoms with Gasteiger partial charge in [0.1, 0.15) is 11.5 Å². The van der Waals surface area contributed by atoms with Crippen molar-refractivity contribution in [2.24, 2.45) is 0 Å². The van der Waals surface area contributed by atoms with E-state index in [0.29, 0.717) is 56.4 Å². The summed E-state index contributed by atoms with van der Waals surface area (Å²) in [7, 11) is 0. The quantitative estimate of drug-likeness (QED) is 0.265. The van der Waals surface area contributed by atoms with Crippen LogP contribution in [-0.2, 0) is 0 Å². The summed E-state index contributed by atoms with van der Waals surface area (Å²) < 4.78 is 0. The number of phenols is 2. The van der Waals surface area contributed by atoms with Crippen LogP contribution in [0.3, 0.4) is 0 Å². The molecule has 0 aliphatic carbocycles. The molecule has 0 fully saturated rings. The monoisotopic (exact) mass is 524 g/mol. The predicted molar refractivity (Wildman–Crippen MR) is 153 cm³/mol. The molecular formula is C32H24N6O2. The Labute approximate surface area is 230 Å². The van der Waals surface area contributed by atoms with Crippen LogP contribution in [0, 0.1) is 13.8 Å². The van der Waals surface area contributed by atoms with E-state index >= 15 is 0 Å². The van der Waals surface area contributed by atoms with Crippen LogP contribution in [0.25, 0.3) is 56.4 Å². The third-order valence-electron chi connectivity index (χ3n) is 6.50. The number of nitrogens with zero attached hydrogens (tertiary/aromatic N) is 6. The molecule has 8 nitrogen and oxygen atoms in total. The van der Waals surface area contributed by atoms with E-state index in [1.807, 2.05) is 74.5 Å². The Balaban J connectivity index is 1.42. The molecule has 40 heavy (non-hydrogen) atoms. The molecule has 0 atom stereocenters. The Morgan fingerprint density at radius 3 is 1.23 bits per heavy atom. The van der Waals surface area contributed by atoms with E-state index in [9.17, 15) is 10.2 Å². The number of phenolic OH excluding ortho intramolecular Hbond substituents is 2. The van der Waals surface area contributed by atoms with Gasteiger partial charge >= 0.3 is 0 Å². The van der Waals surface area contributed by atoms with Gasteiger partial charge in [-0.25, -0.2) is 9.97 Å². The molecule has 6 rings (SSSR count). The lowest BCUT2D eigenvalue weighted by Crippen LogP contribution is -1.95. The smallest absolute Gasteiger partial charge is 0.134 e. The molecule has 8 heteroatoms. The topological polar surface area (TPSA) is 118 Å². The van der Waals surface area contributed by atoms with Crippen molar-refractivity contribution in [1.29, 1.82) is 0 Å². The average Bonchev–Trinajstić information content (AvgIpc) is 3.00. The van der Waals surface area contributed by atoms with Crippen molar-refractivity contribution in [1.82, 2.24) is 29.9 Å². The fourth-order valence-electron chi connectivity index (χ4n) is 4.67. The van der Waals surface area contributed by atoms with Crippen LogP contribution in [0.5, 0.6) is 11.5 Å². The minimum atomic E-state index is 0.0821. The summed E-state index contributed by atoms with van der Waals surface area (Å²) in [6, 6.07) is 18.7. The first-order valence-corrected chi connectivity index (χ1v) is 12.6. The minimum Gasteiger partial charge on any atom is -0.507 e. The molecule has 0 amide bonds. The summed E-state index contributed by atoms with van der Waals surface area (Å²) >= 11 is 0. The third-order valence-corrected chi connectivity index (χ3v) is 6.50. The molecule has 0 bridgehead atoms. The number of hydrogen-bond acceptors (Lipinski definition) is 8. The van der Waals surface area contributed by atoms with Crippen molar-refractivity contribution in [3.05, 3.63) is 109 Å². The predicted octanol–water partition coefficient (Wildman–Crippen LogP) is 6.42. The lowest BCUT2D eigenvalue weighted by molar-refractivity contribution is 0.478. The van der Waals surface area contributed by atoms with E-state index in [1.165, 1.54) is 0 Å². The number of hydrogen-bond donors (Lipinski definition) is 2. The van der Waals surface area contributed by atoms with Gasteiger partial charge in [-0.2, -0.15) is 0 Å². The van der Waals surface area contributed by atoms with Gasteiger partial charge < -0.3 is 10.2 Å². The fourth-order valence-corrected chi connectivity index (χ4v) is 4.67. The summed E-state index contributed by atoms with van der Waals surface area (Å²) in [5, 5.41) is 22.4. The maximum absolute atomic E-state index is 11.2. The molecule has 0 spiro atoms. The Kier molecular flexibility index (Phi) is 6.41. The highest BCUT2D eigenvalue weighted by Gasteiger charge is 2.17. The Hall–Kier alpha value is -5.50. The van der Waals surface area contributed by atoms with Gasteiger partial charge in [-0.15, -0.1) is 0 Å². The molecule has 4 aromatic heterocycles. The second kappa shape index (κ2) is 10.3. The third kappa shape index (κ3) is 4.74. The number of rotatable bonds is 5. The molecule has 0 saturated carbocycles. The number of aromatic hydroxyl groups is 2. The summed E-state index contributed by atoms with van der Waals surface area (Å²) in [6.07, 6.45) is 9.61. The second-order valence-electron chi connectivity index (χ2n) is 9.41. The van der Waals surface area contributed by atoms with E-state index < -0.39 is 0 Å². The number of benzene rings is 2. The molecule has 2 aromatic carbocycles. The van der Waals surface area contributed by atoms with Crippen molar-refractivity contribution < 1.29 is 10.2 Å². The van der Waals surface area contributed by atoms with Crippen LogP contribution in [0.4, 0.5) is 0 Å². The second-order valence-corrected chi connectivity index (χ2v) is 9.41. The fraction of sp³-hybridized carbons (Fsp3) is 0.0625. The van der Waals surface area contributed by atoms with E-state index in [2.05, 4.69) is 19.9 Å². The largest absolute Gasteiger partial charge is 0.507 e. The molecule has 0 saturated heterocycles. The molecule has 0 aliphatic heterocycles. The van der Waals surface area contributed by atoms with Crippen molar-refractivity contribution in [3.8, 4) is 67.9 Å². The number of aryl methyl sites for hydroxylation is 2. The van der Waals surface area contributed by atoms with E-state index in [4.69, 9.17) is 9.97 Å². The van der Waals surface area contributed by atoms with Crippen molar-refractivity contribution >= 4 is 0 Å². The number of aromatic nitrogens is 6. The van der Waals surface area contributed by atoms with Crippen LogP contribution in [-0.4, -0.2) is 40.1 Å². The van der Waals surface area contributed by atoms with E-state index in [-0.39, 0.29) is 11.5 Å². The molecule has 2 N–H and O–H groups in total. The summed E-state index contributed by atoms with van der Waals surface area (Å²) in [6.45, 7) is 3.92. The molecular weight excluding hydrogens is 500 g/mol. The summed E-state index contributed by atoms with van der Waals surface area (Å²) in [4.78, 5) is 26.7. The van der Waals surface area contributed by atoms with Gasteiger partial charge in [0, 0.05) is 47.0 Å². The van der Waals surface area contributed by atoms with Crippen LogP contribution in [0.15, 0.2) is 97.8 Å². The van der Waals surface area contributed by atoms with Gasteiger partial charge in [0.25, 0.3) is 0 Å². The standard InChI is InChI=1S/C32H24N6O2/c1-19-13-21(31(39)23(15-19)29-17-33-9-11-35-29)25-5-3-7-27(37-25)28-8-4-6-26(38-28)22-14-20(2)16-24(32(22)40)30-18-34-10-12-36-30/h3-18,39-40H,1-2H3. The van der Waals surface area contributed by atoms with Gasteiger partial charge in [0.05, 0.1) is 46.6 Å². The zero-order chi connectivity index (χ0) is 27.6. The average molecular weight is 525 g/mol. The maximum Gasteiger partial charge on any atom is 0.134 e. The van der Waals surface area contributed by atoms with Crippen LogP contribution < -0.4 is 0 Å². The highest BCUT2D eigenvalue weighted by Crippen LogP contribution is 2.40. The van der Waals surface area contributed by atoms with Crippen molar-refractivity contribution in [2.45, 2.75) is 13.8 Å². The molecule has 194 valence electrons. The van der Waals surface area contributed by atoms with Gasteiger partial charge in [-0.3, -0.25) is 19.9 Å². The molecule has 0 radical (unpaired) electrons. The van der Waals surface area contributed by atoms with Crippen LogP contribution in [0.1, 0.15) is 11.1 Å². The zero-order valence-corrected chi connectivity index (χ0v) is 21.8. The normalized spacial score (nSPS) is 10.9. The van der Waals surface area contributed by atoms with Crippen molar-refractivity contribution in [3.63, 3.8) is 0 Å². The van der Waals surface area contributed by atoms with Gasteiger partial charge in [0.15, 0.2) is 0 Å². The Bertz CT molecular complexity index is 1710. The lowest BCUT2D eigenvalue weighted by atomic mass is 9.99. The molecule has 0 unspecified atom stereocenters. The van der Waals surface area contributed by atoms with Gasteiger partial charge in [-0.05, 0) is 73.5 Å². The highest BCUT2D eigenvalue weighted by molar-refractivity contribution is 5.82. The van der Waals surface area contributed by atoms with Gasteiger partial charge in [-0.1, -0.05) is 12.1 Å².